The predicted octanol–water partition coefficient (Wildman–Crippen LogP) is 3.48. The minimum atomic E-state index is -1.71. The smallest absolute Gasteiger partial charge is 0.265 e. The van der Waals surface area contributed by atoms with Crippen LogP contribution in [0.25, 0.3) is 16.6 Å². The van der Waals surface area contributed by atoms with Gasteiger partial charge in [-0.25, -0.2) is 18.2 Å². The first-order valence-corrected chi connectivity index (χ1v) is 10.1. The molecule has 1 heterocycles. The third-order valence-corrected chi connectivity index (χ3v) is 5.05. The lowest BCUT2D eigenvalue weighted by Crippen LogP contribution is -2.33. The van der Waals surface area contributed by atoms with Gasteiger partial charge in [-0.3, -0.25) is 19.0 Å². The van der Waals surface area contributed by atoms with Gasteiger partial charge in [-0.15, -0.1) is 0 Å². The first-order chi connectivity index (χ1) is 16.3. The standard InChI is InChI=1S/C24H17F3N4O3/c1-13-29-18-5-3-2-4-16(18)24(34)31(13)15-8-6-14(7-9-15)23(33)28-12-20(32)30-19-11-10-17(25)21(26)22(19)27/h2-11H,12H2,1H3,(H,28,33)(H,30,32). The van der Waals surface area contributed by atoms with Crippen LogP contribution in [0.1, 0.15) is 16.2 Å². The maximum Gasteiger partial charge on any atom is 0.265 e. The van der Waals surface area contributed by atoms with Gasteiger partial charge in [-0.1, -0.05) is 12.1 Å². The third kappa shape index (κ3) is 4.38. The van der Waals surface area contributed by atoms with Gasteiger partial charge in [0.2, 0.25) is 5.91 Å². The Morgan fingerprint density at radius 3 is 2.38 bits per heavy atom. The Morgan fingerprint density at radius 2 is 1.65 bits per heavy atom. The summed E-state index contributed by atoms with van der Waals surface area (Å²) in [6, 6.07) is 14.6. The molecule has 4 rings (SSSR count). The molecule has 2 amide bonds. The number of anilines is 1. The Balaban J connectivity index is 1.45. The molecule has 0 unspecified atom stereocenters. The van der Waals surface area contributed by atoms with Crippen molar-refractivity contribution < 1.29 is 22.8 Å². The van der Waals surface area contributed by atoms with Gasteiger partial charge in [0.25, 0.3) is 11.5 Å². The number of hydrogen-bond acceptors (Lipinski definition) is 4. The second-order valence-corrected chi connectivity index (χ2v) is 7.32. The average Bonchev–Trinajstić information content (AvgIpc) is 2.83. The Morgan fingerprint density at radius 1 is 0.941 bits per heavy atom. The number of rotatable bonds is 5. The number of nitrogens with one attached hydrogen (secondary N) is 2. The fraction of sp³-hybridized carbons (Fsp3) is 0.0833. The van der Waals surface area contributed by atoms with Gasteiger partial charge in [-0.05, 0) is 55.5 Å². The second-order valence-electron chi connectivity index (χ2n) is 7.32. The molecule has 7 nitrogen and oxygen atoms in total. The summed E-state index contributed by atoms with van der Waals surface area (Å²) in [6.07, 6.45) is 0. The number of aryl methyl sites for hydroxylation is 1. The van der Waals surface area contributed by atoms with E-state index in [1.165, 1.54) is 16.7 Å². The van der Waals surface area contributed by atoms with Gasteiger partial charge in [0.05, 0.1) is 28.8 Å². The van der Waals surface area contributed by atoms with Crippen LogP contribution in [-0.2, 0) is 4.79 Å². The lowest BCUT2D eigenvalue weighted by atomic mass is 10.2. The lowest BCUT2D eigenvalue weighted by molar-refractivity contribution is -0.115. The van der Waals surface area contributed by atoms with E-state index in [2.05, 4.69) is 15.6 Å². The van der Waals surface area contributed by atoms with Crippen LogP contribution in [0, 0.1) is 24.4 Å². The molecule has 4 aromatic rings. The van der Waals surface area contributed by atoms with Gasteiger partial charge in [0.1, 0.15) is 5.82 Å². The number of para-hydroxylation sites is 1. The summed E-state index contributed by atoms with van der Waals surface area (Å²) < 4.78 is 41.3. The number of carbonyl (C=O) groups excluding carboxylic acids is 2. The first kappa shape index (κ1) is 22.7. The highest BCUT2D eigenvalue weighted by Gasteiger charge is 2.16. The molecule has 0 radical (unpaired) electrons. The minimum absolute atomic E-state index is 0.204. The molecule has 0 spiro atoms. The molecule has 0 saturated heterocycles. The highest BCUT2D eigenvalue weighted by molar-refractivity contribution is 5.99. The SMILES string of the molecule is Cc1nc2ccccc2c(=O)n1-c1ccc(C(=O)NCC(=O)Nc2ccc(F)c(F)c2F)cc1. The van der Waals surface area contributed by atoms with Gasteiger partial charge >= 0.3 is 0 Å². The highest BCUT2D eigenvalue weighted by atomic mass is 19.2. The van der Waals surface area contributed by atoms with E-state index in [0.717, 1.165) is 6.07 Å². The molecular formula is C24H17F3N4O3. The van der Waals surface area contributed by atoms with Crippen molar-refractivity contribution in [2.75, 3.05) is 11.9 Å². The van der Waals surface area contributed by atoms with E-state index in [1.807, 2.05) is 0 Å². The van der Waals surface area contributed by atoms with Crippen LogP contribution in [0.3, 0.4) is 0 Å². The van der Waals surface area contributed by atoms with Crippen molar-refractivity contribution in [3.8, 4) is 5.69 Å². The van der Waals surface area contributed by atoms with Gasteiger partial charge in [-0.2, -0.15) is 0 Å². The van der Waals surface area contributed by atoms with E-state index >= 15 is 0 Å². The summed E-state index contributed by atoms with van der Waals surface area (Å²) in [5.74, 6) is -5.60. The van der Waals surface area contributed by atoms with Gasteiger partial charge in [0, 0.05) is 5.56 Å². The van der Waals surface area contributed by atoms with Crippen LogP contribution < -0.4 is 16.2 Å². The Bertz CT molecular complexity index is 1480. The van der Waals surface area contributed by atoms with E-state index in [-0.39, 0.29) is 11.1 Å². The number of amides is 2. The van der Waals surface area contributed by atoms with Crippen LogP contribution in [0.15, 0.2) is 65.5 Å². The summed E-state index contributed by atoms with van der Waals surface area (Å²) in [7, 11) is 0. The van der Waals surface area contributed by atoms with Crippen LogP contribution in [-0.4, -0.2) is 27.9 Å². The summed E-state index contributed by atoms with van der Waals surface area (Å²) in [5, 5.41) is 4.87. The van der Waals surface area contributed by atoms with Crippen molar-refractivity contribution in [3.63, 3.8) is 0 Å². The molecule has 10 heteroatoms. The van der Waals surface area contributed by atoms with E-state index in [0.29, 0.717) is 28.5 Å². The molecular weight excluding hydrogens is 449 g/mol. The topological polar surface area (TPSA) is 93.1 Å². The molecule has 0 saturated carbocycles. The van der Waals surface area contributed by atoms with E-state index in [4.69, 9.17) is 0 Å². The molecule has 0 aliphatic heterocycles. The molecule has 34 heavy (non-hydrogen) atoms. The number of benzene rings is 3. The molecule has 2 N–H and O–H groups in total. The van der Waals surface area contributed by atoms with Crippen molar-refractivity contribution in [1.82, 2.24) is 14.9 Å². The lowest BCUT2D eigenvalue weighted by Gasteiger charge is -2.12. The molecule has 0 bridgehead atoms. The quantitative estimate of drug-likeness (QED) is 0.441. The van der Waals surface area contributed by atoms with Crippen molar-refractivity contribution in [2.24, 2.45) is 0 Å². The number of hydrogen-bond donors (Lipinski definition) is 2. The first-order valence-electron chi connectivity index (χ1n) is 10.1. The van der Waals surface area contributed by atoms with Crippen LogP contribution in [0.2, 0.25) is 0 Å². The number of fused-ring (bicyclic) bond motifs is 1. The number of aromatic nitrogens is 2. The summed E-state index contributed by atoms with van der Waals surface area (Å²) in [5.41, 5.74) is 0.492. The molecule has 0 fully saturated rings. The summed E-state index contributed by atoms with van der Waals surface area (Å²) >= 11 is 0. The second kappa shape index (κ2) is 9.18. The monoisotopic (exact) mass is 466 g/mol. The van der Waals surface area contributed by atoms with Crippen LogP contribution in [0.4, 0.5) is 18.9 Å². The summed E-state index contributed by atoms with van der Waals surface area (Å²) in [6.45, 7) is 1.16. The number of nitrogens with zero attached hydrogens (tertiary/aromatic N) is 2. The molecule has 1 aromatic heterocycles. The molecule has 0 atom stereocenters. The van der Waals surface area contributed by atoms with Crippen molar-refractivity contribution in [3.05, 3.63) is 99.9 Å². The molecule has 0 aliphatic carbocycles. The van der Waals surface area contributed by atoms with Gasteiger partial charge < -0.3 is 10.6 Å². The Hall–Kier alpha value is -4.47. The fourth-order valence-corrected chi connectivity index (χ4v) is 3.39. The third-order valence-electron chi connectivity index (χ3n) is 5.05. The van der Waals surface area contributed by atoms with E-state index < -0.39 is 41.5 Å². The summed E-state index contributed by atoms with van der Waals surface area (Å²) in [4.78, 5) is 41.7. The molecule has 172 valence electrons. The van der Waals surface area contributed by atoms with Crippen molar-refractivity contribution in [1.29, 1.82) is 0 Å². The average molecular weight is 466 g/mol. The van der Waals surface area contributed by atoms with Crippen LogP contribution >= 0.6 is 0 Å². The zero-order valence-electron chi connectivity index (χ0n) is 17.7. The van der Waals surface area contributed by atoms with E-state index in [9.17, 15) is 27.6 Å². The molecule has 0 aliphatic rings. The zero-order valence-corrected chi connectivity index (χ0v) is 17.7. The largest absolute Gasteiger partial charge is 0.343 e. The van der Waals surface area contributed by atoms with Crippen molar-refractivity contribution in [2.45, 2.75) is 6.92 Å². The Kier molecular flexibility index (Phi) is 6.13. The van der Waals surface area contributed by atoms with E-state index in [1.54, 1.807) is 43.3 Å². The zero-order chi connectivity index (χ0) is 24.4. The predicted molar refractivity (Wildman–Crippen MR) is 119 cm³/mol. The maximum atomic E-state index is 13.7. The highest BCUT2D eigenvalue weighted by Crippen LogP contribution is 2.19. The fourth-order valence-electron chi connectivity index (χ4n) is 3.39. The van der Waals surface area contributed by atoms with Crippen molar-refractivity contribution >= 4 is 28.4 Å². The van der Waals surface area contributed by atoms with Gasteiger partial charge in [0.15, 0.2) is 17.5 Å². The normalized spacial score (nSPS) is 10.8. The maximum absolute atomic E-state index is 13.7. The Labute approximate surface area is 190 Å². The number of carbonyl (C=O) groups is 2. The minimum Gasteiger partial charge on any atom is -0.343 e. The van der Waals surface area contributed by atoms with Crippen LogP contribution in [0.5, 0.6) is 0 Å². The number of halogens is 3. The molecule has 3 aromatic carbocycles.